The molecule has 3 rings (SSSR count). The lowest BCUT2D eigenvalue weighted by Gasteiger charge is -2.18. The van der Waals surface area contributed by atoms with Crippen LogP contribution in [0, 0.1) is 0 Å². The number of benzene rings is 2. The number of aliphatic hydroxyl groups is 1. The summed E-state index contributed by atoms with van der Waals surface area (Å²) in [5, 5.41) is 15.7. The number of hydrogen-bond acceptors (Lipinski definition) is 7. The van der Waals surface area contributed by atoms with Crippen LogP contribution in [-0.4, -0.2) is 55.9 Å². The van der Waals surface area contributed by atoms with Crippen LogP contribution in [0.15, 0.2) is 48.7 Å². The number of nitrogens with zero attached hydrogens (tertiary/aromatic N) is 1. The molecule has 0 aliphatic rings. The number of hydrogen-bond donors (Lipinski definition) is 3. The Hall–Kier alpha value is -3.85. The van der Waals surface area contributed by atoms with Crippen LogP contribution in [0.3, 0.4) is 0 Å². The number of ether oxygens (including phenoxy) is 3. The summed E-state index contributed by atoms with van der Waals surface area (Å²) in [6.07, 6.45) is 1.68. The second-order valence-electron chi connectivity index (χ2n) is 6.52. The minimum Gasteiger partial charge on any atom is -0.493 e. The molecule has 0 bridgehead atoms. The van der Waals surface area contributed by atoms with Gasteiger partial charge in [0.25, 0.3) is 5.91 Å². The Balaban J connectivity index is 1.76. The number of rotatable bonds is 8. The average Bonchev–Trinajstić information content (AvgIpc) is 2.80. The van der Waals surface area contributed by atoms with Crippen LogP contribution in [0.5, 0.6) is 17.2 Å². The van der Waals surface area contributed by atoms with Gasteiger partial charge in [0.15, 0.2) is 11.5 Å². The summed E-state index contributed by atoms with van der Waals surface area (Å²) in [7, 11) is 4.32. The fourth-order valence-corrected chi connectivity index (χ4v) is 3.03. The normalized spacial score (nSPS) is 11.5. The van der Waals surface area contributed by atoms with Gasteiger partial charge in [0.2, 0.25) is 11.7 Å². The molecule has 0 aliphatic heterocycles. The zero-order chi connectivity index (χ0) is 22.4. The van der Waals surface area contributed by atoms with Crippen LogP contribution in [0.1, 0.15) is 10.4 Å². The highest BCUT2D eigenvalue weighted by molar-refractivity contribution is 6.02. The van der Waals surface area contributed by atoms with Gasteiger partial charge in [0.1, 0.15) is 6.04 Å². The van der Waals surface area contributed by atoms with Gasteiger partial charge in [0, 0.05) is 22.8 Å². The highest BCUT2D eigenvalue weighted by Crippen LogP contribution is 2.38. The predicted octanol–water partition coefficient (Wildman–Crippen LogP) is 1.99. The first kappa shape index (κ1) is 21.8. The highest BCUT2D eigenvalue weighted by atomic mass is 16.5. The molecule has 0 unspecified atom stereocenters. The summed E-state index contributed by atoms with van der Waals surface area (Å²) in [6, 6.07) is 10.6. The highest BCUT2D eigenvalue weighted by Gasteiger charge is 2.23. The van der Waals surface area contributed by atoms with Gasteiger partial charge in [-0.15, -0.1) is 0 Å². The standard InChI is InChI=1S/C22H23N3O6/c1-29-18-10-14(11-19(30-2)20(18)31-3)21(27)25-17(12-26)22(28)24-15-6-7-16-13(9-15)5-4-8-23-16/h4-11,17,26H,12H2,1-3H3,(H,24,28)(H,25,27)/t17-/m0/s1. The topological polar surface area (TPSA) is 119 Å². The second kappa shape index (κ2) is 9.77. The SMILES string of the molecule is COc1cc(C(=O)N[C@@H](CO)C(=O)Nc2ccc3ncccc3c2)cc(OC)c1OC. The van der Waals surface area contributed by atoms with Crippen LogP contribution in [-0.2, 0) is 4.79 Å². The van der Waals surface area contributed by atoms with E-state index in [4.69, 9.17) is 14.2 Å². The van der Waals surface area contributed by atoms with Gasteiger partial charge in [-0.3, -0.25) is 14.6 Å². The molecule has 0 fully saturated rings. The van der Waals surface area contributed by atoms with E-state index >= 15 is 0 Å². The number of aromatic nitrogens is 1. The molecule has 3 aromatic rings. The second-order valence-corrected chi connectivity index (χ2v) is 6.52. The first-order valence-corrected chi connectivity index (χ1v) is 9.38. The number of pyridine rings is 1. The Kier molecular flexibility index (Phi) is 6.88. The van der Waals surface area contributed by atoms with Crippen molar-refractivity contribution in [3.05, 3.63) is 54.2 Å². The molecule has 31 heavy (non-hydrogen) atoms. The van der Waals surface area contributed by atoms with Crippen molar-refractivity contribution in [1.82, 2.24) is 10.3 Å². The van der Waals surface area contributed by atoms with Gasteiger partial charge in [-0.1, -0.05) is 6.07 Å². The van der Waals surface area contributed by atoms with Crippen molar-refractivity contribution in [3.63, 3.8) is 0 Å². The Morgan fingerprint density at radius 1 is 1.03 bits per heavy atom. The molecule has 0 saturated carbocycles. The summed E-state index contributed by atoms with van der Waals surface area (Å²) in [5.74, 6) is -0.227. The van der Waals surface area contributed by atoms with Crippen LogP contribution in [0.25, 0.3) is 10.9 Å². The summed E-state index contributed by atoms with van der Waals surface area (Å²) in [4.78, 5) is 29.6. The summed E-state index contributed by atoms with van der Waals surface area (Å²) in [5.41, 5.74) is 1.48. The maximum Gasteiger partial charge on any atom is 0.252 e. The van der Waals surface area contributed by atoms with E-state index in [0.717, 1.165) is 10.9 Å². The lowest BCUT2D eigenvalue weighted by molar-refractivity contribution is -0.118. The molecule has 9 nitrogen and oxygen atoms in total. The Morgan fingerprint density at radius 3 is 2.35 bits per heavy atom. The van der Waals surface area contributed by atoms with E-state index in [2.05, 4.69) is 15.6 Å². The van der Waals surface area contributed by atoms with Gasteiger partial charge >= 0.3 is 0 Å². The number of methoxy groups -OCH3 is 3. The smallest absolute Gasteiger partial charge is 0.252 e. The zero-order valence-corrected chi connectivity index (χ0v) is 17.3. The van der Waals surface area contributed by atoms with E-state index in [9.17, 15) is 14.7 Å². The third kappa shape index (κ3) is 4.84. The lowest BCUT2D eigenvalue weighted by atomic mass is 10.1. The third-order valence-corrected chi connectivity index (χ3v) is 4.60. The first-order chi connectivity index (χ1) is 15.0. The van der Waals surface area contributed by atoms with Gasteiger partial charge in [-0.2, -0.15) is 0 Å². The minimum absolute atomic E-state index is 0.178. The number of fused-ring (bicyclic) bond motifs is 1. The van der Waals surface area contributed by atoms with Gasteiger partial charge in [0.05, 0.1) is 33.5 Å². The number of nitrogens with one attached hydrogen (secondary N) is 2. The molecule has 0 aliphatic carbocycles. The molecular formula is C22H23N3O6. The largest absolute Gasteiger partial charge is 0.493 e. The summed E-state index contributed by atoms with van der Waals surface area (Å²) >= 11 is 0. The molecule has 1 atom stereocenters. The number of amides is 2. The minimum atomic E-state index is -1.17. The maximum absolute atomic E-state index is 12.7. The molecule has 3 N–H and O–H groups in total. The zero-order valence-electron chi connectivity index (χ0n) is 17.3. The quantitative estimate of drug-likeness (QED) is 0.505. The van der Waals surface area contributed by atoms with E-state index in [1.807, 2.05) is 6.07 Å². The van der Waals surface area contributed by atoms with Crippen molar-refractivity contribution in [3.8, 4) is 17.2 Å². The molecule has 1 heterocycles. The number of carbonyl (C=O) groups excluding carboxylic acids is 2. The molecule has 0 radical (unpaired) electrons. The van der Waals surface area contributed by atoms with Crippen LogP contribution in [0.4, 0.5) is 5.69 Å². The van der Waals surface area contributed by atoms with Crippen molar-refractivity contribution >= 4 is 28.4 Å². The molecule has 0 spiro atoms. The van der Waals surface area contributed by atoms with Crippen LogP contribution >= 0.6 is 0 Å². The van der Waals surface area contributed by atoms with Gasteiger partial charge in [-0.25, -0.2) is 0 Å². The first-order valence-electron chi connectivity index (χ1n) is 9.38. The van der Waals surface area contributed by atoms with Crippen molar-refractivity contribution in [1.29, 1.82) is 0 Å². The predicted molar refractivity (Wildman–Crippen MR) is 115 cm³/mol. The molecule has 2 aromatic carbocycles. The molecule has 9 heteroatoms. The number of aliphatic hydroxyl groups excluding tert-OH is 1. The van der Waals surface area contributed by atoms with E-state index in [0.29, 0.717) is 22.9 Å². The molecular weight excluding hydrogens is 402 g/mol. The fraction of sp³-hybridized carbons (Fsp3) is 0.227. The molecule has 1 aromatic heterocycles. The number of carbonyl (C=O) groups is 2. The molecule has 162 valence electrons. The van der Waals surface area contributed by atoms with Gasteiger partial charge < -0.3 is 30.0 Å². The Morgan fingerprint density at radius 2 is 1.74 bits per heavy atom. The van der Waals surface area contributed by atoms with Crippen molar-refractivity contribution < 1.29 is 28.9 Å². The Bertz CT molecular complexity index is 1080. The summed E-state index contributed by atoms with van der Waals surface area (Å²) < 4.78 is 15.7. The van der Waals surface area contributed by atoms with Gasteiger partial charge in [-0.05, 0) is 36.4 Å². The maximum atomic E-state index is 12.7. The number of anilines is 1. The van der Waals surface area contributed by atoms with E-state index < -0.39 is 24.5 Å². The van der Waals surface area contributed by atoms with E-state index in [1.54, 1.807) is 30.5 Å². The monoisotopic (exact) mass is 425 g/mol. The van der Waals surface area contributed by atoms with Crippen molar-refractivity contribution in [2.45, 2.75) is 6.04 Å². The molecule has 2 amide bonds. The lowest BCUT2D eigenvalue weighted by Crippen LogP contribution is -2.46. The van der Waals surface area contributed by atoms with E-state index in [-0.39, 0.29) is 5.56 Å². The third-order valence-electron chi connectivity index (χ3n) is 4.60. The van der Waals surface area contributed by atoms with E-state index in [1.165, 1.54) is 33.5 Å². The average molecular weight is 425 g/mol. The molecule has 0 saturated heterocycles. The summed E-state index contributed by atoms with van der Waals surface area (Å²) in [6.45, 7) is -0.586. The van der Waals surface area contributed by atoms with Crippen molar-refractivity contribution in [2.75, 3.05) is 33.3 Å². The van der Waals surface area contributed by atoms with Crippen LogP contribution in [0.2, 0.25) is 0 Å². The van der Waals surface area contributed by atoms with Crippen LogP contribution < -0.4 is 24.8 Å². The fourth-order valence-electron chi connectivity index (χ4n) is 3.03. The van der Waals surface area contributed by atoms with Crippen molar-refractivity contribution in [2.24, 2.45) is 0 Å². The Labute approximate surface area is 179 Å².